The highest BCUT2D eigenvalue weighted by molar-refractivity contribution is 5.84. The monoisotopic (exact) mass is 219 g/mol. The molecule has 1 heterocycles. The van der Waals surface area contributed by atoms with Crippen molar-refractivity contribution in [1.82, 2.24) is 9.99 Å². The first kappa shape index (κ1) is 11.1. The molecule has 0 saturated heterocycles. The lowest BCUT2D eigenvalue weighted by molar-refractivity contribution is 0.0586. The van der Waals surface area contributed by atoms with Gasteiger partial charge in [-0.1, -0.05) is 18.2 Å². The molecule has 2 rings (SSSR count). The van der Waals surface area contributed by atoms with Gasteiger partial charge in [-0.25, -0.2) is 0 Å². The molecule has 0 fully saturated rings. The van der Waals surface area contributed by atoms with E-state index in [2.05, 4.69) is 5.43 Å². The van der Waals surface area contributed by atoms with Gasteiger partial charge in [-0.3, -0.25) is 11.3 Å². The largest absolute Gasteiger partial charge is 0.384 e. The molecule has 4 heteroatoms. The number of aliphatic hydroxyl groups is 1. The highest BCUT2D eigenvalue weighted by atomic mass is 16.3. The van der Waals surface area contributed by atoms with E-state index in [1.807, 2.05) is 42.1 Å². The van der Waals surface area contributed by atoms with Gasteiger partial charge in [-0.15, -0.1) is 0 Å². The molecule has 1 aromatic heterocycles. The van der Waals surface area contributed by atoms with Crippen LogP contribution in [-0.4, -0.2) is 16.2 Å². The van der Waals surface area contributed by atoms with Gasteiger partial charge in [0.15, 0.2) is 0 Å². The van der Waals surface area contributed by atoms with Crippen LogP contribution in [0.2, 0.25) is 0 Å². The summed E-state index contributed by atoms with van der Waals surface area (Å²) < 4.78 is 2.01. The third kappa shape index (κ3) is 1.71. The predicted octanol–water partition coefficient (Wildman–Crippen LogP) is 0.849. The summed E-state index contributed by atoms with van der Waals surface area (Å²) in [6.07, 6.45) is 1.95. The van der Waals surface area contributed by atoms with Crippen LogP contribution in [0.5, 0.6) is 0 Å². The second-order valence-electron chi connectivity index (χ2n) is 4.33. The summed E-state index contributed by atoms with van der Waals surface area (Å²) in [5, 5.41) is 11.4. The van der Waals surface area contributed by atoms with Crippen molar-refractivity contribution in [3.8, 4) is 0 Å². The van der Waals surface area contributed by atoms with Crippen molar-refractivity contribution in [1.29, 1.82) is 0 Å². The van der Waals surface area contributed by atoms with E-state index < -0.39 is 5.60 Å². The molecule has 0 aliphatic carbocycles. The first-order chi connectivity index (χ1) is 7.56. The Labute approximate surface area is 94.6 Å². The molecule has 4 N–H and O–H groups in total. The van der Waals surface area contributed by atoms with Gasteiger partial charge in [0.1, 0.15) is 5.60 Å². The van der Waals surface area contributed by atoms with Crippen molar-refractivity contribution < 1.29 is 5.11 Å². The van der Waals surface area contributed by atoms with E-state index in [4.69, 9.17) is 5.84 Å². The molecule has 0 spiro atoms. The van der Waals surface area contributed by atoms with E-state index in [0.717, 1.165) is 16.5 Å². The molecule has 4 nitrogen and oxygen atoms in total. The van der Waals surface area contributed by atoms with Gasteiger partial charge in [0, 0.05) is 36.3 Å². The van der Waals surface area contributed by atoms with Crippen LogP contribution in [0.3, 0.4) is 0 Å². The van der Waals surface area contributed by atoms with E-state index >= 15 is 0 Å². The first-order valence-electron chi connectivity index (χ1n) is 5.26. The van der Waals surface area contributed by atoms with E-state index in [1.54, 1.807) is 6.92 Å². The van der Waals surface area contributed by atoms with E-state index in [9.17, 15) is 5.11 Å². The number of benzene rings is 1. The molecule has 0 amide bonds. The zero-order valence-corrected chi connectivity index (χ0v) is 9.57. The minimum atomic E-state index is -0.963. The van der Waals surface area contributed by atoms with Gasteiger partial charge in [-0.2, -0.15) is 0 Å². The number of hydrogen-bond donors (Lipinski definition) is 3. The molecule has 0 aliphatic rings. The first-order valence-corrected chi connectivity index (χ1v) is 5.26. The molecule has 0 saturated carbocycles. The predicted molar refractivity (Wildman–Crippen MR) is 64.7 cm³/mol. The Kier molecular flexibility index (Phi) is 2.71. The van der Waals surface area contributed by atoms with Gasteiger partial charge in [-0.05, 0) is 13.0 Å². The zero-order chi connectivity index (χ0) is 11.8. The molecule has 86 valence electrons. The number of fused-ring (bicyclic) bond motifs is 1. The zero-order valence-electron chi connectivity index (χ0n) is 9.57. The molecular weight excluding hydrogens is 202 g/mol. The van der Waals surface area contributed by atoms with Crippen LogP contribution in [0, 0.1) is 0 Å². The van der Waals surface area contributed by atoms with Crippen LogP contribution in [0.15, 0.2) is 30.5 Å². The molecule has 1 atom stereocenters. The van der Waals surface area contributed by atoms with Crippen molar-refractivity contribution >= 4 is 10.9 Å². The SMILES string of the molecule is Cn1cc(C(C)(O)CNN)c2ccccc21. The number of rotatable bonds is 3. The normalized spacial score (nSPS) is 15.2. The molecule has 16 heavy (non-hydrogen) atoms. The maximum atomic E-state index is 10.3. The maximum Gasteiger partial charge on any atom is 0.103 e. The minimum Gasteiger partial charge on any atom is -0.384 e. The Bertz CT molecular complexity index is 502. The van der Waals surface area contributed by atoms with E-state index in [1.165, 1.54) is 0 Å². The molecule has 1 aromatic carbocycles. The molecule has 0 bridgehead atoms. The molecule has 2 aromatic rings. The smallest absolute Gasteiger partial charge is 0.103 e. The fraction of sp³-hybridized carbons (Fsp3) is 0.333. The lowest BCUT2D eigenvalue weighted by atomic mass is 9.96. The summed E-state index contributed by atoms with van der Waals surface area (Å²) >= 11 is 0. The van der Waals surface area contributed by atoms with E-state index in [-0.39, 0.29) is 0 Å². The molecule has 0 aliphatic heterocycles. The van der Waals surface area contributed by atoms with Crippen LogP contribution >= 0.6 is 0 Å². The van der Waals surface area contributed by atoms with Gasteiger partial charge >= 0.3 is 0 Å². The van der Waals surface area contributed by atoms with Crippen LogP contribution in [0.25, 0.3) is 10.9 Å². The Morgan fingerprint density at radius 3 is 2.81 bits per heavy atom. The average Bonchev–Trinajstić information content (AvgIpc) is 2.58. The van der Waals surface area contributed by atoms with Crippen molar-refractivity contribution in [2.24, 2.45) is 12.9 Å². The Morgan fingerprint density at radius 1 is 1.44 bits per heavy atom. The quantitative estimate of drug-likeness (QED) is 0.529. The molecular formula is C12H17N3O. The average molecular weight is 219 g/mol. The summed E-state index contributed by atoms with van der Waals surface area (Å²) in [7, 11) is 1.97. The molecule has 0 radical (unpaired) electrons. The van der Waals surface area contributed by atoms with Gasteiger partial charge in [0.25, 0.3) is 0 Å². The third-order valence-electron chi connectivity index (χ3n) is 2.92. The number of hydrogen-bond acceptors (Lipinski definition) is 3. The highest BCUT2D eigenvalue weighted by Crippen LogP contribution is 2.29. The summed E-state index contributed by atoms with van der Waals surface area (Å²) in [4.78, 5) is 0. The Hall–Kier alpha value is -1.36. The van der Waals surface area contributed by atoms with Gasteiger partial charge < -0.3 is 9.67 Å². The summed E-state index contributed by atoms with van der Waals surface area (Å²) in [5.74, 6) is 5.29. The van der Waals surface area contributed by atoms with Crippen molar-refractivity contribution in [3.63, 3.8) is 0 Å². The lowest BCUT2D eigenvalue weighted by Crippen LogP contribution is -2.38. The minimum absolute atomic E-state index is 0.320. The Morgan fingerprint density at radius 2 is 2.12 bits per heavy atom. The number of nitrogens with two attached hydrogens (primary N) is 1. The van der Waals surface area contributed by atoms with Gasteiger partial charge in [0.2, 0.25) is 0 Å². The third-order valence-corrected chi connectivity index (χ3v) is 2.92. The number of nitrogens with one attached hydrogen (secondary N) is 1. The Balaban J connectivity index is 2.61. The topological polar surface area (TPSA) is 63.2 Å². The number of hydrazine groups is 1. The maximum absolute atomic E-state index is 10.3. The fourth-order valence-corrected chi connectivity index (χ4v) is 2.06. The van der Waals surface area contributed by atoms with Gasteiger partial charge in [0.05, 0.1) is 0 Å². The highest BCUT2D eigenvalue weighted by Gasteiger charge is 2.26. The lowest BCUT2D eigenvalue weighted by Gasteiger charge is -2.22. The number of aryl methyl sites for hydroxylation is 1. The second-order valence-corrected chi connectivity index (χ2v) is 4.33. The fourth-order valence-electron chi connectivity index (χ4n) is 2.06. The summed E-state index contributed by atoms with van der Waals surface area (Å²) in [6.45, 7) is 2.08. The van der Waals surface area contributed by atoms with Crippen LogP contribution in [0.4, 0.5) is 0 Å². The van der Waals surface area contributed by atoms with Crippen LogP contribution < -0.4 is 11.3 Å². The standard InChI is InChI=1S/C12H17N3O/c1-12(16,8-14-13)10-7-15(2)11-6-4-3-5-9(10)11/h3-7,14,16H,8,13H2,1-2H3. The number of para-hydroxylation sites is 1. The van der Waals surface area contributed by atoms with E-state index in [0.29, 0.717) is 6.54 Å². The number of aromatic nitrogens is 1. The van der Waals surface area contributed by atoms with Crippen LogP contribution in [-0.2, 0) is 12.6 Å². The van der Waals surface area contributed by atoms with Crippen molar-refractivity contribution in [2.75, 3.05) is 6.54 Å². The summed E-state index contributed by atoms with van der Waals surface area (Å²) in [6, 6.07) is 8.00. The van der Waals surface area contributed by atoms with Crippen LogP contribution in [0.1, 0.15) is 12.5 Å². The second kappa shape index (κ2) is 3.90. The molecule has 1 unspecified atom stereocenters. The summed E-state index contributed by atoms with van der Waals surface area (Å²) in [5.41, 5.74) is 3.56. The number of nitrogens with zero attached hydrogens (tertiary/aromatic N) is 1. The van der Waals surface area contributed by atoms with Crippen molar-refractivity contribution in [3.05, 3.63) is 36.0 Å². The van der Waals surface area contributed by atoms with Crippen molar-refractivity contribution in [2.45, 2.75) is 12.5 Å².